The number of halogens is 2. The van der Waals surface area contributed by atoms with Gasteiger partial charge in [0.2, 0.25) is 0 Å². The fourth-order valence-corrected chi connectivity index (χ4v) is 1.90. The van der Waals surface area contributed by atoms with Crippen molar-refractivity contribution < 1.29 is 18.3 Å². The molecule has 116 valence electrons. The Labute approximate surface area is 127 Å². The quantitative estimate of drug-likeness (QED) is 0.888. The summed E-state index contributed by atoms with van der Waals surface area (Å²) in [6.45, 7) is 2.12. The third-order valence-electron chi connectivity index (χ3n) is 3.14. The number of rotatable bonds is 6. The van der Waals surface area contributed by atoms with Gasteiger partial charge in [0.25, 0.3) is 5.91 Å². The summed E-state index contributed by atoms with van der Waals surface area (Å²) in [6, 6.07) is 11.4. The average Bonchev–Trinajstić information content (AvgIpc) is 2.53. The monoisotopic (exact) mass is 305 g/mol. The van der Waals surface area contributed by atoms with Gasteiger partial charge in [-0.05, 0) is 48.4 Å². The molecule has 0 radical (unpaired) electrons. The van der Waals surface area contributed by atoms with Crippen LogP contribution in [-0.2, 0) is 11.3 Å². The van der Waals surface area contributed by atoms with Gasteiger partial charge in [-0.1, -0.05) is 19.1 Å². The summed E-state index contributed by atoms with van der Waals surface area (Å²) in [6.07, 6.45) is -0.182. The number of carbonyl (C=O) groups is 1. The summed E-state index contributed by atoms with van der Waals surface area (Å²) in [5.74, 6) is -0.511. The van der Waals surface area contributed by atoms with Crippen LogP contribution in [0.4, 0.5) is 8.78 Å². The predicted octanol–water partition coefficient (Wildman–Crippen LogP) is 3.44. The molecule has 0 aliphatic carbocycles. The normalized spacial score (nSPS) is 11.8. The standard InChI is InChI=1S/C17H17F2NO2/c1-2-16(22-15-9-7-14(19)8-10-15)17(21)20-11-12-3-5-13(18)6-4-12/h3-10,16H,2,11H2,1H3,(H,20,21)/t16-/m1/s1. The third-order valence-corrected chi connectivity index (χ3v) is 3.14. The zero-order valence-electron chi connectivity index (χ0n) is 12.2. The van der Waals surface area contributed by atoms with E-state index in [1.807, 2.05) is 6.92 Å². The van der Waals surface area contributed by atoms with E-state index in [0.717, 1.165) is 5.56 Å². The van der Waals surface area contributed by atoms with Crippen molar-refractivity contribution in [2.24, 2.45) is 0 Å². The van der Waals surface area contributed by atoms with Crippen molar-refractivity contribution in [3.8, 4) is 5.75 Å². The van der Waals surface area contributed by atoms with Crippen molar-refractivity contribution >= 4 is 5.91 Å². The van der Waals surface area contributed by atoms with Crippen molar-refractivity contribution in [2.75, 3.05) is 0 Å². The molecular formula is C17H17F2NO2. The van der Waals surface area contributed by atoms with Gasteiger partial charge < -0.3 is 10.1 Å². The third kappa shape index (κ3) is 4.55. The van der Waals surface area contributed by atoms with Crippen LogP contribution in [0.15, 0.2) is 48.5 Å². The zero-order valence-corrected chi connectivity index (χ0v) is 12.2. The Hall–Kier alpha value is -2.43. The van der Waals surface area contributed by atoms with Gasteiger partial charge in [-0.15, -0.1) is 0 Å². The average molecular weight is 305 g/mol. The van der Waals surface area contributed by atoms with Crippen LogP contribution in [0.2, 0.25) is 0 Å². The molecule has 1 amide bonds. The SMILES string of the molecule is CC[C@@H](Oc1ccc(F)cc1)C(=O)NCc1ccc(F)cc1. The number of amides is 1. The van der Waals surface area contributed by atoms with Crippen molar-refractivity contribution in [3.63, 3.8) is 0 Å². The minimum atomic E-state index is -0.661. The first kappa shape index (κ1) is 15.9. The molecule has 1 N–H and O–H groups in total. The molecule has 5 heteroatoms. The summed E-state index contributed by atoms with van der Waals surface area (Å²) in [7, 11) is 0. The fourth-order valence-electron chi connectivity index (χ4n) is 1.90. The van der Waals surface area contributed by atoms with Crippen molar-refractivity contribution in [2.45, 2.75) is 26.0 Å². The number of hydrogen-bond acceptors (Lipinski definition) is 2. The second kappa shape index (κ2) is 7.54. The summed E-state index contributed by atoms with van der Waals surface area (Å²) < 4.78 is 31.2. The van der Waals surface area contributed by atoms with Crippen LogP contribution in [0.25, 0.3) is 0 Å². The van der Waals surface area contributed by atoms with Gasteiger partial charge in [-0.25, -0.2) is 8.78 Å². The van der Waals surface area contributed by atoms with Gasteiger partial charge in [-0.3, -0.25) is 4.79 Å². The van der Waals surface area contributed by atoms with Crippen LogP contribution in [0, 0.1) is 11.6 Å². The Morgan fingerprint density at radius 3 is 2.14 bits per heavy atom. The molecule has 0 aliphatic heterocycles. The Balaban J connectivity index is 1.91. The van der Waals surface area contributed by atoms with Crippen molar-refractivity contribution in [3.05, 3.63) is 65.7 Å². The summed E-state index contributed by atoms with van der Waals surface area (Å²) in [5.41, 5.74) is 0.798. The topological polar surface area (TPSA) is 38.3 Å². The van der Waals surface area contributed by atoms with E-state index in [4.69, 9.17) is 4.74 Å². The zero-order chi connectivity index (χ0) is 15.9. The largest absolute Gasteiger partial charge is 0.481 e. The molecule has 0 fully saturated rings. The molecule has 2 aromatic rings. The van der Waals surface area contributed by atoms with E-state index in [0.29, 0.717) is 18.7 Å². The number of ether oxygens (including phenoxy) is 1. The smallest absolute Gasteiger partial charge is 0.261 e. The maximum Gasteiger partial charge on any atom is 0.261 e. The Bertz CT molecular complexity index is 612. The highest BCUT2D eigenvalue weighted by atomic mass is 19.1. The van der Waals surface area contributed by atoms with E-state index >= 15 is 0 Å². The molecule has 0 saturated carbocycles. The van der Waals surface area contributed by atoms with Crippen molar-refractivity contribution in [1.29, 1.82) is 0 Å². The highest BCUT2D eigenvalue weighted by Crippen LogP contribution is 2.14. The molecule has 0 aromatic heterocycles. The first-order valence-corrected chi connectivity index (χ1v) is 7.03. The van der Waals surface area contributed by atoms with Crippen LogP contribution < -0.4 is 10.1 Å². The number of nitrogens with one attached hydrogen (secondary N) is 1. The van der Waals surface area contributed by atoms with Gasteiger partial charge in [-0.2, -0.15) is 0 Å². The van der Waals surface area contributed by atoms with E-state index in [1.165, 1.54) is 36.4 Å². The Morgan fingerprint density at radius 1 is 1.05 bits per heavy atom. The van der Waals surface area contributed by atoms with Gasteiger partial charge >= 0.3 is 0 Å². The molecule has 1 atom stereocenters. The minimum absolute atomic E-state index is 0.267. The summed E-state index contributed by atoms with van der Waals surface area (Å²) >= 11 is 0. The maximum absolute atomic E-state index is 12.8. The van der Waals surface area contributed by atoms with Crippen LogP contribution in [-0.4, -0.2) is 12.0 Å². The molecule has 0 unspecified atom stereocenters. The molecule has 22 heavy (non-hydrogen) atoms. The van der Waals surface area contributed by atoms with E-state index in [1.54, 1.807) is 12.1 Å². The van der Waals surface area contributed by atoms with Crippen LogP contribution in [0.5, 0.6) is 5.75 Å². The Morgan fingerprint density at radius 2 is 1.59 bits per heavy atom. The lowest BCUT2D eigenvalue weighted by Gasteiger charge is -2.17. The predicted molar refractivity (Wildman–Crippen MR) is 79.4 cm³/mol. The lowest BCUT2D eigenvalue weighted by molar-refractivity contribution is -0.128. The lowest BCUT2D eigenvalue weighted by Crippen LogP contribution is -2.37. The molecule has 0 spiro atoms. The molecule has 2 rings (SSSR count). The lowest BCUT2D eigenvalue weighted by atomic mass is 10.2. The highest BCUT2D eigenvalue weighted by Gasteiger charge is 2.18. The van der Waals surface area contributed by atoms with E-state index in [2.05, 4.69) is 5.32 Å². The molecule has 0 saturated heterocycles. The number of carbonyl (C=O) groups excluding carboxylic acids is 1. The summed E-state index contributed by atoms with van der Waals surface area (Å²) in [4.78, 5) is 12.1. The highest BCUT2D eigenvalue weighted by molar-refractivity contribution is 5.81. The molecular weight excluding hydrogens is 288 g/mol. The second-order valence-electron chi connectivity index (χ2n) is 4.81. The minimum Gasteiger partial charge on any atom is -0.481 e. The molecule has 3 nitrogen and oxygen atoms in total. The van der Waals surface area contributed by atoms with E-state index < -0.39 is 6.10 Å². The van der Waals surface area contributed by atoms with Crippen molar-refractivity contribution in [1.82, 2.24) is 5.32 Å². The Kier molecular flexibility index (Phi) is 5.47. The van der Waals surface area contributed by atoms with Crippen LogP contribution in [0.1, 0.15) is 18.9 Å². The fraction of sp³-hybridized carbons (Fsp3) is 0.235. The van der Waals surface area contributed by atoms with Gasteiger partial charge in [0.15, 0.2) is 6.10 Å². The molecule has 0 aliphatic rings. The molecule has 2 aromatic carbocycles. The molecule has 0 bridgehead atoms. The number of benzene rings is 2. The van der Waals surface area contributed by atoms with Gasteiger partial charge in [0.05, 0.1) is 0 Å². The summed E-state index contributed by atoms with van der Waals surface area (Å²) in [5, 5.41) is 2.74. The second-order valence-corrected chi connectivity index (χ2v) is 4.81. The first-order valence-electron chi connectivity index (χ1n) is 7.03. The van der Waals surface area contributed by atoms with E-state index in [9.17, 15) is 13.6 Å². The first-order chi connectivity index (χ1) is 10.6. The van der Waals surface area contributed by atoms with Gasteiger partial charge in [0, 0.05) is 6.54 Å². The van der Waals surface area contributed by atoms with Crippen LogP contribution in [0.3, 0.4) is 0 Å². The van der Waals surface area contributed by atoms with Crippen LogP contribution >= 0.6 is 0 Å². The van der Waals surface area contributed by atoms with E-state index in [-0.39, 0.29) is 17.5 Å². The maximum atomic E-state index is 12.8. The molecule has 0 heterocycles. The van der Waals surface area contributed by atoms with Gasteiger partial charge in [0.1, 0.15) is 17.4 Å². The number of hydrogen-bond donors (Lipinski definition) is 1.